The molecule has 1 saturated heterocycles. The molecule has 4 heteroatoms. The van der Waals surface area contributed by atoms with Crippen molar-refractivity contribution in [3.05, 3.63) is 0 Å². The number of likely N-dealkylation sites (tertiary alicyclic amines) is 1. The van der Waals surface area contributed by atoms with Gasteiger partial charge in [-0.1, -0.05) is 20.8 Å². The van der Waals surface area contributed by atoms with Crippen LogP contribution in [0.4, 0.5) is 0 Å². The van der Waals surface area contributed by atoms with E-state index < -0.39 is 0 Å². The van der Waals surface area contributed by atoms with Crippen LogP contribution in [0.5, 0.6) is 0 Å². The molecule has 1 aliphatic rings. The number of carbonyl (C=O) groups excluding carboxylic acids is 1. The van der Waals surface area contributed by atoms with Crippen molar-refractivity contribution in [3.8, 4) is 0 Å². The lowest BCUT2D eigenvalue weighted by Crippen LogP contribution is -2.51. The summed E-state index contributed by atoms with van der Waals surface area (Å²) in [6.07, 6.45) is 2.27. The number of piperidine rings is 1. The van der Waals surface area contributed by atoms with Crippen LogP contribution in [0.2, 0.25) is 0 Å². The van der Waals surface area contributed by atoms with Crippen LogP contribution in [0.15, 0.2) is 0 Å². The zero-order valence-corrected chi connectivity index (χ0v) is 13.3. The van der Waals surface area contributed by atoms with E-state index in [9.17, 15) is 4.79 Å². The van der Waals surface area contributed by atoms with Gasteiger partial charge >= 0.3 is 0 Å². The Morgan fingerprint density at radius 3 is 2.32 bits per heavy atom. The molecule has 0 saturated carbocycles. The highest BCUT2D eigenvalue weighted by Gasteiger charge is 2.31. The van der Waals surface area contributed by atoms with Gasteiger partial charge in [0.1, 0.15) is 0 Å². The SMILES string of the molecule is CCNCC1CCN(C(=O)C(C(C)C)N(C)C)CC1. The van der Waals surface area contributed by atoms with Crippen molar-refractivity contribution in [1.29, 1.82) is 0 Å². The quantitative estimate of drug-likeness (QED) is 0.792. The van der Waals surface area contributed by atoms with Crippen molar-refractivity contribution >= 4 is 5.91 Å². The number of carbonyl (C=O) groups is 1. The summed E-state index contributed by atoms with van der Waals surface area (Å²) in [5.41, 5.74) is 0. The van der Waals surface area contributed by atoms with E-state index in [0.717, 1.165) is 44.9 Å². The molecule has 1 heterocycles. The van der Waals surface area contributed by atoms with E-state index in [2.05, 4.69) is 35.9 Å². The van der Waals surface area contributed by atoms with Crippen LogP contribution in [0.3, 0.4) is 0 Å². The molecular weight excluding hydrogens is 238 g/mol. The van der Waals surface area contributed by atoms with Gasteiger partial charge < -0.3 is 10.2 Å². The van der Waals surface area contributed by atoms with Gasteiger partial charge in [0.15, 0.2) is 0 Å². The van der Waals surface area contributed by atoms with Crippen molar-refractivity contribution in [2.75, 3.05) is 40.3 Å². The fourth-order valence-electron chi connectivity index (χ4n) is 3.00. The highest BCUT2D eigenvalue weighted by molar-refractivity contribution is 5.82. The first-order chi connectivity index (χ1) is 8.97. The third kappa shape index (κ3) is 4.77. The van der Waals surface area contributed by atoms with Crippen LogP contribution in [-0.2, 0) is 4.79 Å². The van der Waals surface area contributed by atoms with Gasteiger partial charge in [-0.2, -0.15) is 0 Å². The fourth-order valence-corrected chi connectivity index (χ4v) is 3.00. The van der Waals surface area contributed by atoms with Crippen molar-refractivity contribution in [2.24, 2.45) is 11.8 Å². The molecule has 1 N–H and O–H groups in total. The van der Waals surface area contributed by atoms with Gasteiger partial charge in [-0.3, -0.25) is 9.69 Å². The van der Waals surface area contributed by atoms with Crippen molar-refractivity contribution in [3.63, 3.8) is 0 Å². The molecule has 19 heavy (non-hydrogen) atoms. The molecular formula is C15H31N3O. The summed E-state index contributed by atoms with van der Waals surface area (Å²) in [5.74, 6) is 1.41. The number of likely N-dealkylation sites (N-methyl/N-ethyl adjacent to an activating group) is 1. The number of hydrogen-bond acceptors (Lipinski definition) is 3. The second kappa shape index (κ2) is 7.85. The lowest BCUT2D eigenvalue weighted by molar-refractivity contribution is -0.139. The van der Waals surface area contributed by atoms with Crippen LogP contribution in [0, 0.1) is 11.8 Å². The standard InChI is InChI=1S/C15H31N3O/c1-6-16-11-13-7-9-18(10-8-13)15(19)14(12(2)3)17(4)5/h12-14,16H,6-11H2,1-5H3. The van der Waals surface area contributed by atoms with E-state index in [1.165, 1.54) is 0 Å². The Labute approximate surface area is 118 Å². The predicted octanol–water partition coefficient (Wildman–Crippen LogP) is 1.42. The van der Waals surface area contributed by atoms with Gasteiger partial charge in [0.25, 0.3) is 0 Å². The fraction of sp³-hybridized carbons (Fsp3) is 0.933. The maximum Gasteiger partial charge on any atom is 0.240 e. The third-order valence-electron chi connectivity index (χ3n) is 4.05. The summed E-state index contributed by atoms with van der Waals surface area (Å²) >= 11 is 0. The number of hydrogen-bond donors (Lipinski definition) is 1. The molecule has 0 aliphatic carbocycles. The molecule has 1 atom stereocenters. The van der Waals surface area contributed by atoms with Gasteiger partial charge in [-0.25, -0.2) is 0 Å². The molecule has 0 bridgehead atoms. The third-order valence-corrected chi connectivity index (χ3v) is 4.05. The highest BCUT2D eigenvalue weighted by atomic mass is 16.2. The van der Waals surface area contributed by atoms with Crippen molar-refractivity contribution < 1.29 is 4.79 Å². The summed E-state index contributed by atoms with van der Waals surface area (Å²) in [6, 6.07) is 0.0188. The molecule has 4 nitrogen and oxygen atoms in total. The zero-order chi connectivity index (χ0) is 14.4. The first-order valence-corrected chi connectivity index (χ1v) is 7.63. The molecule has 1 rings (SSSR count). The maximum absolute atomic E-state index is 12.6. The lowest BCUT2D eigenvalue weighted by Gasteiger charge is -2.37. The lowest BCUT2D eigenvalue weighted by atomic mass is 9.94. The van der Waals surface area contributed by atoms with E-state index in [1.54, 1.807) is 0 Å². The van der Waals surface area contributed by atoms with E-state index in [0.29, 0.717) is 11.8 Å². The molecule has 0 spiro atoms. The molecule has 0 aromatic rings. The minimum absolute atomic E-state index is 0.0188. The molecule has 0 aromatic heterocycles. The highest BCUT2D eigenvalue weighted by Crippen LogP contribution is 2.19. The van der Waals surface area contributed by atoms with Crippen LogP contribution >= 0.6 is 0 Å². The first-order valence-electron chi connectivity index (χ1n) is 7.63. The van der Waals surface area contributed by atoms with E-state index >= 15 is 0 Å². The zero-order valence-electron chi connectivity index (χ0n) is 13.3. The average molecular weight is 269 g/mol. The van der Waals surface area contributed by atoms with Crippen molar-refractivity contribution in [2.45, 2.75) is 39.7 Å². The van der Waals surface area contributed by atoms with Crippen LogP contribution in [0.25, 0.3) is 0 Å². The Bertz CT molecular complexity index is 263. The predicted molar refractivity (Wildman–Crippen MR) is 80.2 cm³/mol. The minimum atomic E-state index is 0.0188. The smallest absolute Gasteiger partial charge is 0.240 e. The largest absolute Gasteiger partial charge is 0.341 e. The Morgan fingerprint density at radius 1 is 1.32 bits per heavy atom. The maximum atomic E-state index is 12.6. The van der Waals surface area contributed by atoms with Gasteiger partial charge in [0.2, 0.25) is 5.91 Å². The second-order valence-corrected chi connectivity index (χ2v) is 6.23. The average Bonchev–Trinajstić information content (AvgIpc) is 2.36. The summed E-state index contributed by atoms with van der Waals surface area (Å²) < 4.78 is 0. The molecule has 1 unspecified atom stereocenters. The second-order valence-electron chi connectivity index (χ2n) is 6.23. The normalized spacial score (nSPS) is 19.2. The van der Waals surface area contributed by atoms with Crippen LogP contribution in [0.1, 0.15) is 33.6 Å². The minimum Gasteiger partial charge on any atom is -0.341 e. The van der Waals surface area contributed by atoms with Gasteiger partial charge in [-0.15, -0.1) is 0 Å². The van der Waals surface area contributed by atoms with E-state index in [-0.39, 0.29) is 6.04 Å². The number of nitrogens with one attached hydrogen (secondary N) is 1. The number of nitrogens with zero attached hydrogens (tertiary/aromatic N) is 2. The summed E-state index contributed by atoms with van der Waals surface area (Å²) in [6.45, 7) is 10.4. The van der Waals surface area contributed by atoms with Crippen molar-refractivity contribution in [1.82, 2.24) is 15.1 Å². The molecule has 112 valence electrons. The number of rotatable bonds is 6. The first kappa shape index (κ1) is 16.4. The van der Waals surface area contributed by atoms with Crippen LogP contribution in [-0.4, -0.2) is 62.0 Å². The summed E-state index contributed by atoms with van der Waals surface area (Å²) in [4.78, 5) is 16.7. The monoisotopic (exact) mass is 269 g/mol. The number of amides is 1. The molecule has 1 fully saturated rings. The topological polar surface area (TPSA) is 35.6 Å². The van der Waals surface area contributed by atoms with Gasteiger partial charge in [0.05, 0.1) is 6.04 Å². The van der Waals surface area contributed by atoms with E-state index in [4.69, 9.17) is 0 Å². The van der Waals surface area contributed by atoms with Gasteiger partial charge in [-0.05, 0) is 51.9 Å². The summed E-state index contributed by atoms with van der Waals surface area (Å²) in [5, 5.41) is 3.41. The molecule has 1 amide bonds. The Morgan fingerprint density at radius 2 is 1.89 bits per heavy atom. The molecule has 0 aromatic carbocycles. The Hall–Kier alpha value is -0.610. The van der Waals surface area contributed by atoms with E-state index in [1.807, 2.05) is 14.1 Å². The Balaban J connectivity index is 2.47. The molecule has 1 aliphatic heterocycles. The van der Waals surface area contributed by atoms with Crippen LogP contribution < -0.4 is 5.32 Å². The van der Waals surface area contributed by atoms with Gasteiger partial charge in [0, 0.05) is 13.1 Å². The summed E-state index contributed by atoms with van der Waals surface area (Å²) in [7, 11) is 4.00. The molecule has 0 radical (unpaired) electrons. The Kier molecular flexibility index (Phi) is 6.80.